The van der Waals surface area contributed by atoms with E-state index in [1.165, 1.54) is 4.46 Å². The van der Waals surface area contributed by atoms with Gasteiger partial charge in [0.05, 0.1) is 0 Å². The number of carbonyl (C=O) groups is 1. The predicted molar refractivity (Wildman–Crippen MR) is 111 cm³/mol. The summed E-state index contributed by atoms with van der Waals surface area (Å²) in [5.74, 6) is 0.253. The predicted octanol–water partition coefficient (Wildman–Crippen LogP) is 4.21. The summed E-state index contributed by atoms with van der Waals surface area (Å²) < 4.78 is 31.7. The van der Waals surface area contributed by atoms with Crippen molar-refractivity contribution in [3.63, 3.8) is 0 Å². The van der Waals surface area contributed by atoms with Crippen molar-refractivity contribution in [2.24, 2.45) is 0 Å². The molecule has 2 aromatic carbocycles. The first-order valence-electron chi connectivity index (χ1n) is 9.21. The maximum absolute atomic E-state index is 12.9. The van der Waals surface area contributed by atoms with Crippen LogP contribution in [-0.2, 0) is 18.3 Å². The Labute approximate surface area is 171 Å². The number of ether oxygens (including phenoxy) is 1. The van der Waals surface area contributed by atoms with Gasteiger partial charge in [0, 0.05) is 0 Å². The average Bonchev–Trinajstić information content (AvgIpc) is 2.71. The van der Waals surface area contributed by atoms with Crippen molar-refractivity contribution in [1.29, 1.82) is 0 Å². The first kappa shape index (κ1) is 20.9. The standard InChI is InChI=1S/C21H23O5PSe/c1-3-24-21(22)17-12-10-16(11-13-17)20-19(28-18-8-6-5-7-9-18)14-15-27(23,26-20)25-4-2/h5-13H,3-4,14-15H2,1-2H3. The van der Waals surface area contributed by atoms with E-state index in [0.717, 1.165) is 10.0 Å². The molecule has 148 valence electrons. The van der Waals surface area contributed by atoms with Gasteiger partial charge in [-0.05, 0) is 0 Å². The summed E-state index contributed by atoms with van der Waals surface area (Å²) in [4.78, 5) is 11.9. The van der Waals surface area contributed by atoms with Gasteiger partial charge in [0.1, 0.15) is 0 Å². The molecule has 0 saturated carbocycles. The third kappa shape index (κ3) is 5.15. The number of hydrogen-bond acceptors (Lipinski definition) is 5. The summed E-state index contributed by atoms with van der Waals surface area (Å²) in [6, 6.07) is 17.2. The SMILES string of the molecule is CCOC(=O)c1ccc(C2=C([Se]c3ccccc3)CCP(=O)(OCC)O2)cc1. The van der Waals surface area contributed by atoms with E-state index in [-0.39, 0.29) is 20.9 Å². The van der Waals surface area contributed by atoms with Crippen molar-refractivity contribution in [3.05, 3.63) is 70.2 Å². The number of allylic oxidation sites excluding steroid dienone is 1. The molecule has 0 saturated heterocycles. The first-order chi connectivity index (χ1) is 13.5. The van der Waals surface area contributed by atoms with Crippen LogP contribution in [0.4, 0.5) is 0 Å². The minimum absolute atomic E-state index is 0.0495. The Morgan fingerprint density at radius 1 is 1.07 bits per heavy atom. The van der Waals surface area contributed by atoms with E-state index in [9.17, 15) is 9.36 Å². The van der Waals surface area contributed by atoms with Crippen molar-refractivity contribution >= 4 is 38.7 Å². The Balaban J connectivity index is 1.94. The third-order valence-electron chi connectivity index (χ3n) is 4.06. The zero-order chi connectivity index (χ0) is 20.0. The van der Waals surface area contributed by atoms with E-state index in [1.54, 1.807) is 19.1 Å². The van der Waals surface area contributed by atoms with Gasteiger partial charge in [0.25, 0.3) is 0 Å². The number of carbonyl (C=O) groups excluding carboxylic acids is 1. The van der Waals surface area contributed by atoms with Crippen LogP contribution in [0, 0.1) is 0 Å². The monoisotopic (exact) mass is 466 g/mol. The molecular formula is C21H23O5PSe. The van der Waals surface area contributed by atoms with Gasteiger partial charge in [-0.2, -0.15) is 0 Å². The van der Waals surface area contributed by atoms with Crippen LogP contribution in [0.5, 0.6) is 0 Å². The van der Waals surface area contributed by atoms with E-state index in [4.69, 9.17) is 13.8 Å². The summed E-state index contributed by atoms with van der Waals surface area (Å²) >= 11 is 0.0495. The molecule has 1 unspecified atom stereocenters. The fourth-order valence-electron chi connectivity index (χ4n) is 2.79. The van der Waals surface area contributed by atoms with Crippen LogP contribution in [0.25, 0.3) is 5.76 Å². The van der Waals surface area contributed by atoms with Crippen molar-refractivity contribution in [2.45, 2.75) is 20.3 Å². The Bertz CT molecular complexity index is 893. The Morgan fingerprint density at radius 3 is 2.43 bits per heavy atom. The van der Waals surface area contributed by atoms with Crippen LogP contribution in [0.1, 0.15) is 36.2 Å². The normalized spacial score (nSPS) is 19.2. The topological polar surface area (TPSA) is 61.8 Å². The second-order valence-electron chi connectivity index (χ2n) is 6.06. The molecule has 1 aliphatic rings. The quantitative estimate of drug-likeness (QED) is 0.348. The second kappa shape index (κ2) is 9.58. The molecule has 0 fully saturated rings. The molecule has 28 heavy (non-hydrogen) atoms. The van der Waals surface area contributed by atoms with Crippen molar-refractivity contribution in [2.75, 3.05) is 19.4 Å². The number of benzene rings is 2. The molecule has 0 bridgehead atoms. The van der Waals surface area contributed by atoms with Gasteiger partial charge in [-0.1, -0.05) is 0 Å². The van der Waals surface area contributed by atoms with Gasteiger partial charge in [-0.3, -0.25) is 0 Å². The van der Waals surface area contributed by atoms with Crippen LogP contribution in [0.3, 0.4) is 0 Å². The van der Waals surface area contributed by atoms with Crippen LogP contribution < -0.4 is 4.46 Å². The van der Waals surface area contributed by atoms with Gasteiger partial charge in [-0.25, -0.2) is 0 Å². The van der Waals surface area contributed by atoms with E-state index in [1.807, 2.05) is 37.3 Å². The molecule has 0 N–H and O–H groups in total. The average molecular weight is 465 g/mol. The number of esters is 1. The maximum atomic E-state index is 12.9. The molecule has 0 amide bonds. The van der Waals surface area contributed by atoms with Crippen molar-refractivity contribution in [1.82, 2.24) is 0 Å². The second-order valence-corrected chi connectivity index (χ2v) is 10.6. The zero-order valence-electron chi connectivity index (χ0n) is 15.9. The molecule has 5 nitrogen and oxygen atoms in total. The molecule has 0 aromatic heterocycles. The zero-order valence-corrected chi connectivity index (χ0v) is 18.5. The molecule has 2 aromatic rings. The summed E-state index contributed by atoms with van der Waals surface area (Å²) in [5.41, 5.74) is 1.27. The Morgan fingerprint density at radius 2 is 1.79 bits per heavy atom. The Hall–Kier alpha value is -1.84. The molecule has 0 aliphatic carbocycles. The van der Waals surface area contributed by atoms with E-state index >= 15 is 0 Å². The molecule has 0 radical (unpaired) electrons. The minimum atomic E-state index is -3.16. The van der Waals surface area contributed by atoms with Crippen LogP contribution in [0.15, 0.2) is 59.1 Å². The number of hydrogen-bond donors (Lipinski definition) is 0. The molecule has 0 spiro atoms. The molecule has 3 rings (SSSR count). The molecule has 1 atom stereocenters. The first-order valence-corrected chi connectivity index (χ1v) is 12.7. The summed E-state index contributed by atoms with van der Waals surface area (Å²) in [6.07, 6.45) is 1.05. The van der Waals surface area contributed by atoms with Gasteiger partial charge in [0.15, 0.2) is 0 Å². The fraction of sp³-hybridized carbons (Fsp3) is 0.286. The molecule has 1 heterocycles. The van der Waals surface area contributed by atoms with Gasteiger partial charge < -0.3 is 0 Å². The van der Waals surface area contributed by atoms with Crippen molar-refractivity contribution in [3.8, 4) is 0 Å². The molecule has 1 aliphatic heterocycles. The fourth-order valence-corrected chi connectivity index (χ4v) is 7.10. The van der Waals surface area contributed by atoms with Gasteiger partial charge in [0.2, 0.25) is 0 Å². The summed E-state index contributed by atoms with van der Waals surface area (Å²) in [5, 5.41) is 0. The molecular weight excluding hydrogens is 442 g/mol. The van der Waals surface area contributed by atoms with Crippen LogP contribution in [0.2, 0.25) is 0 Å². The summed E-state index contributed by atoms with van der Waals surface area (Å²) in [7, 11) is -3.16. The Kier molecular flexibility index (Phi) is 7.14. The van der Waals surface area contributed by atoms with Gasteiger partial charge in [-0.15, -0.1) is 0 Å². The van der Waals surface area contributed by atoms with Crippen molar-refractivity contribution < 1.29 is 23.1 Å². The van der Waals surface area contributed by atoms with Crippen LogP contribution in [-0.4, -0.2) is 40.3 Å². The van der Waals surface area contributed by atoms with Gasteiger partial charge >= 0.3 is 172 Å². The molecule has 7 heteroatoms. The third-order valence-corrected chi connectivity index (χ3v) is 8.35. The summed E-state index contributed by atoms with van der Waals surface area (Å²) in [6.45, 7) is 4.25. The van der Waals surface area contributed by atoms with E-state index in [0.29, 0.717) is 37.1 Å². The van der Waals surface area contributed by atoms with E-state index in [2.05, 4.69) is 12.1 Å². The number of rotatable bonds is 7. The van der Waals surface area contributed by atoms with E-state index < -0.39 is 7.60 Å². The van der Waals surface area contributed by atoms with Crippen LogP contribution >= 0.6 is 7.60 Å².